The average Bonchev–Trinajstić information content (AvgIpc) is 2.38. The second kappa shape index (κ2) is 8.09. The molecule has 1 atom stereocenters. The summed E-state index contributed by atoms with van der Waals surface area (Å²) in [7, 11) is 1.64. The molecule has 1 unspecified atom stereocenters. The van der Waals surface area contributed by atoms with Crippen LogP contribution in [0.4, 0.5) is 0 Å². The molecule has 1 aromatic carbocycles. The van der Waals surface area contributed by atoms with Crippen molar-refractivity contribution >= 4 is 0 Å². The maximum atomic E-state index is 9.94. The first-order valence-corrected chi connectivity index (χ1v) is 6.30. The van der Waals surface area contributed by atoms with Gasteiger partial charge in [0.25, 0.3) is 0 Å². The van der Waals surface area contributed by atoms with Gasteiger partial charge in [0.2, 0.25) is 0 Å². The van der Waals surface area contributed by atoms with Crippen molar-refractivity contribution in [3.05, 3.63) is 29.8 Å². The molecule has 0 radical (unpaired) electrons. The van der Waals surface area contributed by atoms with E-state index in [9.17, 15) is 5.11 Å². The lowest BCUT2D eigenvalue weighted by molar-refractivity contribution is 0.174. The fourth-order valence-electron chi connectivity index (χ4n) is 1.68. The van der Waals surface area contributed by atoms with Gasteiger partial charge in [-0.15, -0.1) is 0 Å². The maximum Gasteiger partial charge on any atom is 0.118 e. The van der Waals surface area contributed by atoms with Crippen LogP contribution >= 0.6 is 0 Å². The molecule has 0 saturated heterocycles. The second-order valence-corrected chi connectivity index (χ2v) is 4.20. The van der Waals surface area contributed by atoms with E-state index in [0.29, 0.717) is 6.54 Å². The third-order valence-electron chi connectivity index (χ3n) is 2.80. The molecule has 17 heavy (non-hydrogen) atoms. The van der Waals surface area contributed by atoms with Crippen molar-refractivity contribution in [2.24, 2.45) is 0 Å². The highest BCUT2D eigenvalue weighted by Gasteiger charge is 2.06. The summed E-state index contributed by atoms with van der Waals surface area (Å²) >= 11 is 0. The largest absolute Gasteiger partial charge is 0.497 e. The van der Waals surface area contributed by atoms with Crippen LogP contribution in [0.25, 0.3) is 0 Å². The van der Waals surface area contributed by atoms with Crippen molar-refractivity contribution in [1.82, 2.24) is 5.32 Å². The molecule has 0 saturated carbocycles. The van der Waals surface area contributed by atoms with Gasteiger partial charge in [0.05, 0.1) is 13.2 Å². The van der Waals surface area contributed by atoms with Crippen LogP contribution in [0.3, 0.4) is 0 Å². The number of rotatable bonds is 8. The van der Waals surface area contributed by atoms with Crippen LogP contribution in [0.5, 0.6) is 5.75 Å². The van der Waals surface area contributed by atoms with Crippen molar-refractivity contribution in [3.63, 3.8) is 0 Å². The first kappa shape index (κ1) is 14.0. The SMILES string of the molecule is CCCCCNCC(O)c1ccc(OC)cc1. The molecule has 0 bridgehead atoms. The summed E-state index contributed by atoms with van der Waals surface area (Å²) in [4.78, 5) is 0. The Hall–Kier alpha value is -1.06. The minimum absolute atomic E-state index is 0.442. The van der Waals surface area contributed by atoms with Gasteiger partial charge in [0.1, 0.15) is 5.75 Å². The number of nitrogens with one attached hydrogen (secondary N) is 1. The quantitative estimate of drug-likeness (QED) is 0.683. The van der Waals surface area contributed by atoms with Crippen molar-refractivity contribution in [3.8, 4) is 5.75 Å². The molecule has 0 amide bonds. The van der Waals surface area contributed by atoms with Crippen molar-refractivity contribution in [2.45, 2.75) is 32.3 Å². The van der Waals surface area contributed by atoms with Gasteiger partial charge in [0, 0.05) is 6.54 Å². The molecule has 3 nitrogen and oxygen atoms in total. The number of hydrogen-bond donors (Lipinski definition) is 2. The van der Waals surface area contributed by atoms with Crippen LogP contribution in [-0.4, -0.2) is 25.3 Å². The smallest absolute Gasteiger partial charge is 0.118 e. The monoisotopic (exact) mass is 237 g/mol. The maximum absolute atomic E-state index is 9.94. The van der Waals surface area contributed by atoms with Gasteiger partial charge in [0.15, 0.2) is 0 Å². The number of benzene rings is 1. The average molecular weight is 237 g/mol. The van der Waals surface area contributed by atoms with E-state index in [4.69, 9.17) is 4.74 Å². The standard InChI is InChI=1S/C14H23NO2/c1-3-4-5-10-15-11-14(16)12-6-8-13(17-2)9-7-12/h6-9,14-16H,3-5,10-11H2,1-2H3. The zero-order valence-corrected chi connectivity index (χ0v) is 10.8. The lowest BCUT2D eigenvalue weighted by Gasteiger charge is -2.12. The summed E-state index contributed by atoms with van der Waals surface area (Å²) in [6.07, 6.45) is 3.20. The minimum atomic E-state index is -0.442. The van der Waals surface area contributed by atoms with E-state index in [0.717, 1.165) is 17.9 Å². The van der Waals surface area contributed by atoms with Gasteiger partial charge >= 0.3 is 0 Å². The Morgan fingerprint density at radius 2 is 1.94 bits per heavy atom. The summed E-state index contributed by atoms with van der Waals surface area (Å²) < 4.78 is 5.08. The van der Waals surface area contributed by atoms with E-state index < -0.39 is 6.10 Å². The molecule has 0 aliphatic carbocycles. The molecular formula is C14H23NO2. The number of methoxy groups -OCH3 is 1. The molecule has 3 heteroatoms. The molecule has 0 aliphatic rings. The molecule has 96 valence electrons. The van der Waals surface area contributed by atoms with Gasteiger partial charge in [-0.2, -0.15) is 0 Å². The summed E-state index contributed by atoms with van der Waals surface area (Å²) in [6, 6.07) is 7.54. The minimum Gasteiger partial charge on any atom is -0.497 e. The van der Waals surface area contributed by atoms with Gasteiger partial charge in [-0.25, -0.2) is 0 Å². The number of aliphatic hydroxyl groups is 1. The Balaban J connectivity index is 2.28. The number of hydrogen-bond acceptors (Lipinski definition) is 3. The highest BCUT2D eigenvalue weighted by atomic mass is 16.5. The van der Waals surface area contributed by atoms with Crippen molar-refractivity contribution < 1.29 is 9.84 Å². The van der Waals surface area contributed by atoms with Crippen LogP contribution in [0.2, 0.25) is 0 Å². The predicted molar refractivity (Wildman–Crippen MR) is 70.3 cm³/mol. The van der Waals surface area contributed by atoms with Crippen LogP contribution in [0.1, 0.15) is 37.9 Å². The number of aliphatic hydroxyl groups excluding tert-OH is 1. The van der Waals surface area contributed by atoms with E-state index in [-0.39, 0.29) is 0 Å². The summed E-state index contributed by atoms with van der Waals surface area (Å²) in [6.45, 7) is 3.77. The number of unbranched alkanes of at least 4 members (excludes halogenated alkanes) is 2. The normalized spacial score (nSPS) is 12.4. The molecule has 0 fully saturated rings. The topological polar surface area (TPSA) is 41.5 Å². The molecule has 0 aliphatic heterocycles. The zero-order valence-electron chi connectivity index (χ0n) is 10.8. The van der Waals surface area contributed by atoms with Gasteiger partial charge in [-0.1, -0.05) is 31.9 Å². The molecular weight excluding hydrogens is 214 g/mol. The van der Waals surface area contributed by atoms with E-state index in [2.05, 4.69) is 12.2 Å². The van der Waals surface area contributed by atoms with Crippen molar-refractivity contribution in [1.29, 1.82) is 0 Å². The summed E-state index contributed by atoms with van der Waals surface area (Å²) in [5.41, 5.74) is 0.925. The zero-order chi connectivity index (χ0) is 12.5. The second-order valence-electron chi connectivity index (χ2n) is 4.20. The van der Waals surface area contributed by atoms with E-state index >= 15 is 0 Å². The van der Waals surface area contributed by atoms with Crippen molar-refractivity contribution in [2.75, 3.05) is 20.2 Å². The molecule has 1 rings (SSSR count). The Bertz CT molecular complexity index is 298. The molecule has 0 spiro atoms. The fourth-order valence-corrected chi connectivity index (χ4v) is 1.68. The predicted octanol–water partition coefficient (Wildman–Crippen LogP) is 2.51. The van der Waals surface area contributed by atoms with E-state index in [1.54, 1.807) is 7.11 Å². The van der Waals surface area contributed by atoms with Gasteiger partial charge in [-0.3, -0.25) is 0 Å². The first-order valence-electron chi connectivity index (χ1n) is 6.30. The fraction of sp³-hybridized carbons (Fsp3) is 0.571. The third-order valence-corrected chi connectivity index (χ3v) is 2.80. The summed E-state index contributed by atoms with van der Waals surface area (Å²) in [5.74, 6) is 0.817. The lowest BCUT2D eigenvalue weighted by atomic mass is 10.1. The molecule has 1 aromatic rings. The highest BCUT2D eigenvalue weighted by Crippen LogP contribution is 2.16. The number of ether oxygens (including phenoxy) is 1. The molecule has 2 N–H and O–H groups in total. The third kappa shape index (κ3) is 5.20. The molecule has 0 aromatic heterocycles. The Labute approximate surface area is 104 Å². The summed E-state index contributed by atoms with van der Waals surface area (Å²) in [5, 5.41) is 13.2. The van der Waals surface area contributed by atoms with Crippen LogP contribution in [-0.2, 0) is 0 Å². The first-order chi connectivity index (χ1) is 8.27. The van der Waals surface area contributed by atoms with E-state index in [1.807, 2.05) is 24.3 Å². The van der Waals surface area contributed by atoms with E-state index in [1.165, 1.54) is 19.3 Å². The van der Waals surface area contributed by atoms with Crippen LogP contribution in [0, 0.1) is 0 Å². The Kier molecular flexibility index (Phi) is 6.67. The van der Waals surface area contributed by atoms with Gasteiger partial charge < -0.3 is 15.2 Å². The van der Waals surface area contributed by atoms with Crippen LogP contribution in [0.15, 0.2) is 24.3 Å². The van der Waals surface area contributed by atoms with Crippen LogP contribution < -0.4 is 10.1 Å². The Morgan fingerprint density at radius 3 is 2.53 bits per heavy atom. The lowest BCUT2D eigenvalue weighted by Crippen LogP contribution is -2.22. The Morgan fingerprint density at radius 1 is 1.24 bits per heavy atom. The molecule has 0 heterocycles. The van der Waals surface area contributed by atoms with Gasteiger partial charge in [-0.05, 0) is 30.7 Å². The highest BCUT2D eigenvalue weighted by molar-refractivity contribution is 5.28.